The van der Waals surface area contributed by atoms with Crippen LogP contribution in [0.25, 0.3) is 11.3 Å². The van der Waals surface area contributed by atoms with Gasteiger partial charge in [0.1, 0.15) is 11.5 Å². The van der Waals surface area contributed by atoms with Gasteiger partial charge in [0, 0.05) is 17.2 Å². The monoisotopic (exact) mass is 249 g/mol. The average molecular weight is 249 g/mol. The summed E-state index contributed by atoms with van der Waals surface area (Å²) < 4.78 is 14.0. The molecule has 0 aromatic carbocycles. The Morgan fingerprint density at radius 3 is 2.61 bits per heavy atom. The standard InChI is InChI=1S/C13H16FN3O/c1-13(2,3)12-16-6-9(17-12)8-4-5-15-10(7-18)11(8)14/h4-6,18H,7H2,1-3H3,(H,16,17). The van der Waals surface area contributed by atoms with Crippen molar-refractivity contribution < 1.29 is 9.50 Å². The van der Waals surface area contributed by atoms with Crippen LogP contribution in [0.1, 0.15) is 32.3 Å². The molecule has 0 aliphatic carbocycles. The summed E-state index contributed by atoms with van der Waals surface area (Å²) in [7, 11) is 0. The van der Waals surface area contributed by atoms with Crippen molar-refractivity contribution in [1.29, 1.82) is 0 Å². The maximum atomic E-state index is 14.0. The number of hydrogen-bond donors (Lipinski definition) is 2. The van der Waals surface area contributed by atoms with Gasteiger partial charge >= 0.3 is 0 Å². The second-order valence-corrected chi connectivity index (χ2v) is 5.17. The van der Waals surface area contributed by atoms with E-state index in [1.807, 2.05) is 20.8 Å². The molecule has 0 aliphatic heterocycles. The molecule has 0 aliphatic rings. The molecule has 2 rings (SSSR count). The molecule has 2 aromatic heterocycles. The second kappa shape index (κ2) is 4.49. The van der Waals surface area contributed by atoms with Crippen LogP contribution in [0.15, 0.2) is 18.5 Å². The fourth-order valence-electron chi connectivity index (χ4n) is 1.64. The fourth-order valence-corrected chi connectivity index (χ4v) is 1.64. The fraction of sp³-hybridized carbons (Fsp3) is 0.385. The topological polar surface area (TPSA) is 61.8 Å². The van der Waals surface area contributed by atoms with Crippen molar-refractivity contribution in [2.45, 2.75) is 32.8 Å². The van der Waals surface area contributed by atoms with Crippen LogP contribution in [0, 0.1) is 5.82 Å². The average Bonchev–Trinajstić information content (AvgIpc) is 2.78. The molecule has 2 aromatic rings. The highest BCUT2D eigenvalue weighted by atomic mass is 19.1. The number of pyridine rings is 1. The van der Waals surface area contributed by atoms with Crippen molar-refractivity contribution in [3.63, 3.8) is 0 Å². The highest BCUT2D eigenvalue weighted by Gasteiger charge is 2.19. The minimum absolute atomic E-state index is 0.0411. The zero-order valence-electron chi connectivity index (χ0n) is 10.7. The van der Waals surface area contributed by atoms with Gasteiger partial charge in [-0.25, -0.2) is 9.37 Å². The Morgan fingerprint density at radius 1 is 1.33 bits per heavy atom. The van der Waals surface area contributed by atoms with E-state index in [0.29, 0.717) is 11.3 Å². The summed E-state index contributed by atoms with van der Waals surface area (Å²) in [6, 6.07) is 1.56. The van der Waals surface area contributed by atoms with E-state index in [4.69, 9.17) is 5.11 Å². The molecule has 2 N–H and O–H groups in total. The largest absolute Gasteiger partial charge is 0.390 e. The summed E-state index contributed by atoms with van der Waals surface area (Å²) in [5.41, 5.74) is 0.882. The molecule has 0 radical (unpaired) electrons. The summed E-state index contributed by atoms with van der Waals surface area (Å²) in [6.07, 6.45) is 3.07. The number of aromatic nitrogens is 3. The lowest BCUT2D eigenvalue weighted by molar-refractivity contribution is 0.270. The number of H-pyrrole nitrogens is 1. The van der Waals surface area contributed by atoms with Crippen molar-refractivity contribution in [3.8, 4) is 11.3 Å². The third-order valence-electron chi connectivity index (χ3n) is 2.69. The van der Waals surface area contributed by atoms with Crippen LogP contribution in [-0.2, 0) is 12.0 Å². The second-order valence-electron chi connectivity index (χ2n) is 5.17. The number of aromatic amines is 1. The van der Waals surface area contributed by atoms with Crippen LogP contribution in [0.3, 0.4) is 0 Å². The number of rotatable bonds is 2. The maximum Gasteiger partial charge on any atom is 0.156 e. The first-order valence-electron chi connectivity index (χ1n) is 5.73. The van der Waals surface area contributed by atoms with Gasteiger partial charge < -0.3 is 10.1 Å². The first-order valence-corrected chi connectivity index (χ1v) is 5.73. The summed E-state index contributed by atoms with van der Waals surface area (Å²) in [4.78, 5) is 11.1. The lowest BCUT2D eigenvalue weighted by atomic mass is 9.96. The summed E-state index contributed by atoms with van der Waals surface area (Å²) >= 11 is 0. The molecule has 0 saturated heterocycles. The number of hydrogen-bond acceptors (Lipinski definition) is 3. The predicted molar refractivity (Wildman–Crippen MR) is 66.4 cm³/mol. The van der Waals surface area contributed by atoms with Gasteiger partial charge in [0.2, 0.25) is 0 Å². The first kappa shape index (κ1) is 12.7. The summed E-state index contributed by atoms with van der Waals surface area (Å²) in [6.45, 7) is 5.66. The zero-order chi connectivity index (χ0) is 13.3. The van der Waals surface area contributed by atoms with Crippen molar-refractivity contribution in [3.05, 3.63) is 35.8 Å². The van der Waals surface area contributed by atoms with Gasteiger partial charge in [-0.15, -0.1) is 0 Å². The van der Waals surface area contributed by atoms with E-state index in [1.54, 1.807) is 12.3 Å². The van der Waals surface area contributed by atoms with Crippen LogP contribution in [0.2, 0.25) is 0 Å². The Hall–Kier alpha value is -1.75. The van der Waals surface area contributed by atoms with Gasteiger partial charge in [-0.3, -0.25) is 4.98 Å². The van der Waals surface area contributed by atoms with E-state index in [1.165, 1.54) is 6.20 Å². The van der Waals surface area contributed by atoms with Gasteiger partial charge in [-0.1, -0.05) is 20.8 Å². The molecule has 5 heteroatoms. The van der Waals surface area contributed by atoms with Crippen molar-refractivity contribution >= 4 is 0 Å². The molecule has 0 atom stereocenters. The van der Waals surface area contributed by atoms with E-state index in [2.05, 4.69) is 15.0 Å². The Morgan fingerprint density at radius 2 is 2.06 bits per heavy atom. The molecule has 0 amide bonds. The molecule has 2 heterocycles. The van der Waals surface area contributed by atoms with Gasteiger partial charge in [0.15, 0.2) is 5.82 Å². The highest BCUT2D eigenvalue weighted by molar-refractivity contribution is 5.59. The summed E-state index contributed by atoms with van der Waals surface area (Å²) in [5.74, 6) is 0.281. The first-order chi connectivity index (χ1) is 8.43. The lowest BCUT2D eigenvalue weighted by Crippen LogP contribution is -2.13. The van der Waals surface area contributed by atoms with Crippen LogP contribution in [0.4, 0.5) is 4.39 Å². The molecular weight excluding hydrogens is 233 g/mol. The van der Waals surface area contributed by atoms with Crippen LogP contribution in [-0.4, -0.2) is 20.1 Å². The molecule has 0 saturated carbocycles. The van der Waals surface area contributed by atoms with Gasteiger partial charge in [-0.2, -0.15) is 0 Å². The molecule has 0 fully saturated rings. The Kier molecular flexibility index (Phi) is 3.17. The lowest BCUT2D eigenvalue weighted by Gasteiger charge is -2.14. The van der Waals surface area contributed by atoms with Gasteiger partial charge in [0.25, 0.3) is 0 Å². The van der Waals surface area contributed by atoms with E-state index in [9.17, 15) is 4.39 Å². The molecule has 4 nitrogen and oxygen atoms in total. The normalized spacial score (nSPS) is 11.8. The molecule has 0 unspecified atom stereocenters. The van der Waals surface area contributed by atoms with E-state index < -0.39 is 12.4 Å². The maximum absolute atomic E-state index is 14.0. The number of nitrogens with zero attached hydrogens (tertiary/aromatic N) is 2. The number of halogens is 1. The minimum Gasteiger partial charge on any atom is -0.390 e. The van der Waals surface area contributed by atoms with Crippen LogP contribution < -0.4 is 0 Å². The molecule has 18 heavy (non-hydrogen) atoms. The van der Waals surface area contributed by atoms with Crippen molar-refractivity contribution in [2.24, 2.45) is 0 Å². The van der Waals surface area contributed by atoms with Crippen molar-refractivity contribution in [1.82, 2.24) is 15.0 Å². The van der Waals surface area contributed by atoms with E-state index >= 15 is 0 Å². The molecule has 0 bridgehead atoms. The predicted octanol–water partition coefficient (Wildman–Crippen LogP) is 2.40. The van der Waals surface area contributed by atoms with Gasteiger partial charge in [0.05, 0.1) is 18.5 Å². The quantitative estimate of drug-likeness (QED) is 0.859. The third-order valence-corrected chi connectivity index (χ3v) is 2.69. The SMILES string of the molecule is CC(C)(C)c1ncc(-c2ccnc(CO)c2F)[nH]1. The highest BCUT2D eigenvalue weighted by Crippen LogP contribution is 2.26. The number of nitrogens with one attached hydrogen (secondary N) is 1. The number of aliphatic hydroxyl groups excluding tert-OH is 1. The van der Waals surface area contributed by atoms with E-state index in [-0.39, 0.29) is 11.1 Å². The van der Waals surface area contributed by atoms with E-state index in [0.717, 1.165) is 5.82 Å². The Bertz CT molecular complexity index is 558. The zero-order valence-corrected chi connectivity index (χ0v) is 10.7. The summed E-state index contributed by atoms with van der Waals surface area (Å²) in [5, 5.41) is 9.00. The van der Waals surface area contributed by atoms with Crippen LogP contribution in [0.5, 0.6) is 0 Å². The van der Waals surface area contributed by atoms with Crippen LogP contribution >= 0.6 is 0 Å². The smallest absolute Gasteiger partial charge is 0.156 e. The molecule has 96 valence electrons. The Balaban J connectivity index is 2.47. The number of imidazole rings is 1. The minimum atomic E-state index is -0.510. The molecule has 0 spiro atoms. The number of aliphatic hydroxyl groups is 1. The van der Waals surface area contributed by atoms with Gasteiger partial charge in [-0.05, 0) is 6.07 Å². The molecular formula is C13H16FN3O. The third kappa shape index (κ3) is 2.26. The van der Waals surface area contributed by atoms with Crippen molar-refractivity contribution in [2.75, 3.05) is 0 Å². The Labute approximate surface area is 105 Å².